The molecule has 3 aliphatic rings. The van der Waals surface area contributed by atoms with Crippen LogP contribution in [0.3, 0.4) is 0 Å². The van der Waals surface area contributed by atoms with Crippen LogP contribution in [0.4, 0.5) is 0 Å². The first-order valence-corrected chi connectivity index (χ1v) is 11.7. The number of hydrogen-bond acceptors (Lipinski definition) is 3. The number of nitrogens with zero attached hydrogens (tertiary/aromatic N) is 2. The number of fused-ring (bicyclic) bond motifs is 2. The lowest BCUT2D eigenvalue weighted by Gasteiger charge is -2.36. The summed E-state index contributed by atoms with van der Waals surface area (Å²) in [4.78, 5) is 2.12. The highest BCUT2D eigenvalue weighted by Gasteiger charge is 2.40. The van der Waals surface area contributed by atoms with Crippen LogP contribution in [-0.4, -0.2) is 55.0 Å². The van der Waals surface area contributed by atoms with Gasteiger partial charge in [-0.25, -0.2) is 8.42 Å². The quantitative estimate of drug-likeness (QED) is 0.781. The van der Waals surface area contributed by atoms with Crippen LogP contribution < -0.4 is 5.32 Å². The average molecular weight is 406 g/mol. The normalized spacial score (nSPS) is 28.7. The van der Waals surface area contributed by atoms with Crippen molar-refractivity contribution in [3.8, 4) is 0 Å². The molecule has 3 fully saturated rings. The molecule has 1 aromatic rings. The number of sulfonamides is 1. The van der Waals surface area contributed by atoms with Gasteiger partial charge in [0, 0.05) is 37.6 Å². The van der Waals surface area contributed by atoms with Crippen molar-refractivity contribution in [3.63, 3.8) is 0 Å². The van der Waals surface area contributed by atoms with Gasteiger partial charge in [-0.15, -0.1) is 0 Å². The SMILES string of the molecule is O=S(=O)(/C=C/c1ccccc1)N1CCN(C(=S)N[C@H]2C[C@@H]3CC[C@@H]2C3)CC1. The Kier molecular flexibility index (Phi) is 5.53. The Balaban J connectivity index is 1.29. The summed E-state index contributed by atoms with van der Waals surface area (Å²) in [6.07, 6.45) is 6.94. The van der Waals surface area contributed by atoms with Crippen molar-refractivity contribution >= 4 is 33.4 Å². The molecule has 0 aromatic heterocycles. The van der Waals surface area contributed by atoms with Crippen LogP contribution in [0.25, 0.3) is 6.08 Å². The highest BCUT2D eigenvalue weighted by atomic mass is 32.2. The minimum atomic E-state index is -3.40. The van der Waals surface area contributed by atoms with Gasteiger partial charge in [0.2, 0.25) is 10.0 Å². The molecule has 0 spiro atoms. The summed E-state index contributed by atoms with van der Waals surface area (Å²) in [6, 6.07) is 10.0. The van der Waals surface area contributed by atoms with Gasteiger partial charge >= 0.3 is 0 Å². The van der Waals surface area contributed by atoms with Gasteiger partial charge in [-0.1, -0.05) is 36.8 Å². The zero-order chi connectivity index (χ0) is 18.9. The van der Waals surface area contributed by atoms with Gasteiger partial charge in [-0.3, -0.25) is 0 Å². The number of thiocarbonyl (C=S) groups is 1. The van der Waals surface area contributed by atoms with Crippen molar-refractivity contribution in [1.29, 1.82) is 0 Å². The summed E-state index contributed by atoms with van der Waals surface area (Å²) in [5, 5.41) is 5.66. The fraction of sp³-hybridized carbons (Fsp3) is 0.550. The van der Waals surface area contributed by atoms with Crippen LogP contribution in [0.1, 0.15) is 31.2 Å². The van der Waals surface area contributed by atoms with E-state index in [9.17, 15) is 8.42 Å². The van der Waals surface area contributed by atoms with Crippen LogP contribution in [0.15, 0.2) is 35.7 Å². The second kappa shape index (κ2) is 7.89. The molecule has 0 radical (unpaired) electrons. The third-order valence-corrected chi connectivity index (χ3v) is 8.11. The summed E-state index contributed by atoms with van der Waals surface area (Å²) < 4.78 is 26.7. The summed E-state index contributed by atoms with van der Waals surface area (Å²) in [5.74, 6) is 1.66. The van der Waals surface area contributed by atoms with Crippen molar-refractivity contribution in [3.05, 3.63) is 41.3 Å². The molecule has 1 saturated heterocycles. The van der Waals surface area contributed by atoms with Gasteiger partial charge in [0.15, 0.2) is 5.11 Å². The minimum Gasteiger partial charge on any atom is -0.360 e. The van der Waals surface area contributed by atoms with Crippen molar-refractivity contribution in [2.24, 2.45) is 11.8 Å². The van der Waals surface area contributed by atoms with E-state index >= 15 is 0 Å². The van der Waals surface area contributed by atoms with Crippen molar-refractivity contribution in [1.82, 2.24) is 14.5 Å². The zero-order valence-corrected chi connectivity index (χ0v) is 17.1. The fourth-order valence-electron chi connectivity index (χ4n) is 4.63. The van der Waals surface area contributed by atoms with Crippen LogP contribution >= 0.6 is 12.2 Å². The molecule has 1 aromatic carbocycles. The Morgan fingerprint density at radius 1 is 1.07 bits per heavy atom. The van der Waals surface area contributed by atoms with E-state index in [-0.39, 0.29) is 0 Å². The Hall–Kier alpha value is -1.44. The largest absolute Gasteiger partial charge is 0.360 e. The van der Waals surface area contributed by atoms with Gasteiger partial charge in [0.1, 0.15) is 0 Å². The Morgan fingerprint density at radius 3 is 2.44 bits per heavy atom. The maximum absolute atomic E-state index is 12.6. The fourth-order valence-corrected chi connectivity index (χ4v) is 6.14. The molecule has 2 aliphatic carbocycles. The summed E-state index contributed by atoms with van der Waals surface area (Å²) >= 11 is 5.61. The second-order valence-corrected chi connectivity index (χ2v) is 10.1. The average Bonchev–Trinajstić information content (AvgIpc) is 3.30. The van der Waals surface area contributed by atoms with Gasteiger partial charge < -0.3 is 10.2 Å². The van der Waals surface area contributed by atoms with E-state index in [0.29, 0.717) is 32.2 Å². The molecule has 146 valence electrons. The number of rotatable bonds is 4. The van der Waals surface area contributed by atoms with Crippen LogP contribution in [0.5, 0.6) is 0 Å². The van der Waals surface area contributed by atoms with Gasteiger partial charge in [0.05, 0.1) is 0 Å². The maximum Gasteiger partial charge on any atom is 0.236 e. The molecule has 27 heavy (non-hydrogen) atoms. The molecule has 1 aliphatic heterocycles. The molecular weight excluding hydrogens is 378 g/mol. The Morgan fingerprint density at radius 2 is 1.81 bits per heavy atom. The molecule has 5 nitrogen and oxygen atoms in total. The number of nitrogens with one attached hydrogen (secondary N) is 1. The standard InChI is InChI=1S/C20H27N3O2S2/c24-27(25,13-8-16-4-2-1-3-5-16)23-11-9-22(10-12-23)20(26)21-19-15-17-6-7-18(19)14-17/h1-5,8,13,17-19H,6-7,9-12,14-15H2,(H,21,26)/b13-8+/t17-,18-,19+/m1/s1. The Labute approximate surface area is 167 Å². The predicted octanol–water partition coefficient (Wildman–Crippen LogP) is 2.67. The molecule has 4 rings (SSSR count). The molecule has 1 N–H and O–H groups in total. The predicted molar refractivity (Wildman–Crippen MR) is 113 cm³/mol. The second-order valence-electron chi connectivity index (χ2n) is 7.88. The molecule has 3 atom stereocenters. The maximum atomic E-state index is 12.6. The summed E-state index contributed by atoms with van der Waals surface area (Å²) in [6.45, 7) is 2.23. The summed E-state index contributed by atoms with van der Waals surface area (Å²) in [7, 11) is -3.40. The van der Waals surface area contributed by atoms with Gasteiger partial charge in [0.25, 0.3) is 0 Å². The molecule has 2 bridgehead atoms. The molecular formula is C20H27N3O2S2. The number of benzene rings is 1. The monoisotopic (exact) mass is 405 g/mol. The van der Waals surface area contributed by atoms with E-state index in [1.165, 1.54) is 31.1 Å². The lowest BCUT2D eigenvalue weighted by Crippen LogP contribution is -2.54. The number of piperazine rings is 1. The first-order chi connectivity index (χ1) is 13.0. The first kappa shape index (κ1) is 18.9. The molecule has 7 heteroatoms. The van der Waals surface area contributed by atoms with Crippen LogP contribution in [0, 0.1) is 11.8 Å². The van der Waals surface area contributed by atoms with Crippen molar-refractivity contribution in [2.45, 2.75) is 31.7 Å². The molecule has 1 heterocycles. The third kappa shape index (κ3) is 4.36. The lowest BCUT2D eigenvalue weighted by atomic mass is 9.95. The lowest BCUT2D eigenvalue weighted by molar-refractivity contribution is 0.260. The molecule has 0 unspecified atom stereocenters. The van der Waals surface area contributed by atoms with Crippen molar-refractivity contribution < 1.29 is 8.42 Å². The van der Waals surface area contributed by atoms with Gasteiger partial charge in [-0.05, 0) is 55.0 Å². The van der Waals surface area contributed by atoms with E-state index in [1.807, 2.05) is 30.3 Å². The highest BCUT2D eigenvalue weighted by molar-refractivity contribution is 7.92. The molecule has 2 saturated carbocycles. The molecule has 0 amide bonds. The van der Waals surface area contributed by atoms with E-state index in [1.54, 1.807) is 10.4 Å². The van der Waals surface area contributed by atoms with Crippen LogP contribution in [-0.2, 0) is 10.0 Å². The van der Waals surface area contributed by atoms with Crippen LogP contribution in [0.2, 0.25) is 0 Å². The Bertz CT molecular complexity index is 802. The van der Waals surface area contributed by atoms with Gasteiger partial charge in [-0.2, -0.15) is 4.31 Å². The minimum absolute atomic E-state index is 0.472. The van der Waals surface area contributed by atoms with E-state index < -0.39 is 10.0 Å². The highest BCUT2D eigenvalue weighted by Crippen LogP contribution is 2.44. The van der Waals surface area contributed by atoms with E-state index in [0.717, 1.165) is 22.5 Å². The van der Waals surface area contributed by atoms with E-state index in [2.05, 4.69) is 10.2 Å². The van der Waals surface area contributed by atoms with Crippen molar-refractivity contribution in [2.75, 3.05) is 26.2 Å². The topological polar surface area (TPSA) is 52.7 Å². The third-order valence-electron chi connectivity index (χ3n) is 6.16. The first-order valence-electron chi connectivity index (χ1n) is 9.80. The number of hydrogen-bond donors (Lipinski definition) is 1. The van der Waals surface area contributed by atoms with E-state index in [4.69, 9.17) is 12.2 Å². The zero-order valence-electron chi connectivity index (χ0n) is 15.5. The summed E-state index contributed by atoms with van der Waals surface area (Å²) in [5.41, 5.74) is 0.885. The smallest absolute Gasteiger partial charge is 0.236 e.